The largest absolute Gasteiger partial charge is 0.481 e. The van der Waals surface area contributed by atoms with E-state index in [1.165, 1.54) is 6.07 Å². The van der Waals surface area contributed by atoms with Crippen LogP contribution >= 0.6 is 23.2 Å². The van der Waals surface area contributed by atoms with Crippen LogP contribution in [0.2, 0.25) is 10.0 Å². The van der Waals surface area contributed by atoms with Crippen LogP contribution in [0, 0.1) is 0 Å². The Morgan fingerprint density at radius 1 is 0.893 bits per heavy atom. The minimum Gasteiger partial charge on any atom is -0.481 e. The second kappa shape index (κ2) is 8.91. The fraction of sp³-hybridized carbons (Fsp3) is 0.0909. The Balaban J connectivity index is 1.80. The summed E-state index contributed by atoms with van der Waals surface area (Å²) in [6.45, 7) is 1.62. The number of carbonyl (C=O) groups is 2. The molecule has 0 fully saturated rings. The number of hydrogen-bond acceptors (Lipinski definition) is 3. The van der Waals surface area contributed by atoms with E-state index in [2.05, 4.69) is 5.32 Å². The molecular weight excluding hydrogens is 397 g/mol. The van der Waals surface area contributed by atoms with E-state index >= 15 is 0 Å². The first kappa shape index (κ1) is 19.9. The van der Waals surface area contributed by atoms with Gasteiger partial charge in [0, 0.05) is 21.2 Å². The predicted octanol–water partition coefficient (Wildman–Crippen LogP) is 5.63. The molecule has 0 aliphatic heterocycles. The molecule has 1 N–H and O–H groups in total. The van der Waals surface area contributed by atoms with Crippen molar-refractivity contribution < 1.29 is 14.3 Å². The Morgan fingerprint density at radius 3 is 2.32 bits per heavy atom. The molecule has 28 heavy (non-hydrogen) atoms. The maximum Gasteiger partial charge on any atom is 0.265 e. The molecule has 0 radical (unpaired) electrons. The number of carbonyl (C=O) groups excluding carboxylic acids is 2. The van der Waals surface area contributed by atoms with Crippen LogP contribution < -0.4 is 10.1 Å². The molecule has 0 saturated carbocycles. The van der Waals surface area contributed by atoms with Crippen molar-refractivity contribution >= 4 is 40.6 Å². The van der Waals surface area contributed by atoms with Crippen LogP contribution in [0.3, 0.4) is 0 Å². The van der Waals surface area contributed by atoms with Gasteiger partial charge in [0.2, 0.25) is 0 Å². The van der Waals surface area contributed by atoms with E-state index in [9.17, 15) is 9.59 Å². The zero-order valence-electron chi connectivity index (χ0n) is 15.0. The lowest BCUT2D eigenvalue weighted by Gasteiger charge is -2.16. The highest BCUT2D eigenvalue weighted by atomic mass is 35.5. The van der Waals surface area contributed by atoms with Gasteiger partial charge < -0.3 is 10.1 Å². The van der Waals surface area contributed by atoms with E-state index in [4.69, 9.17) is 27.9 Å². The lowest BCUT2D eigenvalue weighted by atomic mass is 10.0. The molecule has 0 aliphatic rings. The summed E-state index contributed by atoms with van der Waals surface area (Å²) in [5.74, 6) is -0.155. The van der Waals surface area contributed by atoms with Gasteiger partial charge in [-0.1, -0.05) is 59.6 Å². The number of nitrogens with one attached hydrogen (secondary N) is 1. The molecule has 3 rings (SSSR count). The number of ether oxygens (including phenoxy) is 1. The quantitative estimate of drug-likeness (QED) is 0.532. The molecule has 3 aromatic carbocycles. The van der Waals surface area contributed by atoms with Crippen molar-refractivity contribution in [3.8, 4) is 5.75 Å². The smallest absolute Gasteiger partial charge is 0.265 e. The zero-order valence-corrected chi connectivity index (χ0v) is 16.5. The van der Waals surface area contributed by atoms with Gasteiger partial charge in [0.1, 0.15) is 5.75 Å². The number of halogens is 2. The summed E-state index contributed by atoms with van der Waals surface area (Å²) in [5, 5.41) is 3.66. The molecule has 0 aliphatic carbocycles. The van der Waals surface area contributed by atoms with E-state index in [0.717, 1.165) is 0 Å². The SMILES string of the molecule is CC(Oc1cccc(Cl)c1)C(=O)Nc1ccc(Cl)cc1C(=O)c1ccccc1. The molecule has 0 bridgehead atoms. The van der Waals surface area contributed by atoms with Crippen molar-refractivity contribution in [1.82, 2.24) is 0 Å². The van der Waals surface area contributed by atoms with Crippen molar-refractivity contribution in [2.75, 3.05) is 5.32 Å². The van der Waals surface area contributed by atoms with Gasteiger partial charge in [0.15, 0.2) is 11.9 Å². The summed E-state index contributed by atoms with van der Waals surface area (Å²) in [5.41, 5.74) is 1.18. The van der Waals surface area contributed by atoms with Gasteiger partial charge >= 0.3 is 0 Å². The Bertz CT molecular complexity index is 1010. The minimum atomic E-state index is -0.797. The third kappa shape index (κ3) is 4.91. The zero-order chi connectivity index (χ0) is 20.1. The minimum absolute atomic E-state index is 0.234. The summed E-state index contributed by atoms with van der Waals surface area (Å²) in [7, 11) is 0. The highest BCUT2D eigenvalue weighted by Gasteiger charge is 2.20. The number of rotatable bonds is 6. The molecule has 0 saturated heterocycles. The lowest BCUT2D eigenvalue weighted by molar-refractivity contribution is -0.122. The Labute approximate surface area is 173 Å². The summed E-state index contributed by atoms with van der Waals surface area (Å²) in [6, 6.07) is 20.3. The average molecular weight is 414 g/mol. The molecule has 1 amide bonds. The number of anilines is 1. The lowest BCUT2D eigenvalue weighted by Crippen LogP contribution is -2.30. The first-order valence-electron chi connectivity index (χ1n) is 8.56. The predicted molar refractivity (Wildman–Crippen MR) is 111 cm³/mol. The van der Waals surface area contributed by atoms with Gasteiger partial charge in [-0.05, 0) is 43.3 Å². The first-order chi connectivity index (χ1) is 13.4. The third-order valence-corrected chi connectivity index (χ3v) is 4.47. The molecule has 0 spiro atoms. The Kier molecular flexibility index (Phi) is 6.34. The molecule has 6 heteroatoms. The van der Waals surface area contributed by atoms with Gasteiger partial charge in [-0.3, -0.25) is 9.59 Å². The van der Waals surface area contributed by atoms with Crippen LogP contribution in [-0.2, 0) is 4.79 Å². The van der Waals surface area contributed by atoms with E-state index in [1.54, 1.807) is 67.6 Å². The Morgan fingerprint density at radius 2 is 1.61 bits per heavy atom. The third-order valence-electron chi connectivity index (χ3n) is 4.00. The van der Waals surface area contributed by atoms with Crippen molar-refractivity contribution in [1.29, 1.82) is 0 Å². The van der Waals surface area contributed by atoms with E-state index in [-0.39, 0.29) is 5.78 Å². The van der Waals surface area contributed by atoms with Crippen molar-refractivity contribution in [3.63, 3.8) is 0 Å². The van der Waals surface area contributed by atoms with Crippen LogP contribution in [0.4, 0.5) is 5.69 Å². The molecule has 3 aromatic rings. The van der Waals surface area contributed by atoms with Crippen molar-refractivity contribution in [2.24, 2.45) is 0 Å². The molecule has 1 unspecified atom stereocenters. The topological polar surface area (TPSA) is 55.4 Å². The van der Waals surface area contributed by atoms with Gasteiger partial charge in [0.25, 0.3) is 5.91 Å². The molecular formula is C22H17Cl2NO3. The van der Waals surface area contributed by atoms with E-state index < -0.39 is 12.0 Å². The molecule has 1 atom stereocenters. The maximum absolute atomic E-state index is 12.8. The summed E-state index contributed by atoms with van der Waals surface area (Å²) in [4.78, 5) is 25.4. The molecule has 0 aromatic heterocycles. The number of hydrogen-bond donors (Lipinski definition) is 1. The van der Waals surface area contributed by atoms with Crippen molar-refractivity contribution in [3.05, 3.63) is 94.0 Å². The van der Waals surface area contributed by atoms with Gasteiger partial charge in [0.05, 0.1) is 5.69 Å². The van der Waals surface area contributed by atoms with Crippen LogP contribution in [0.25, 0.3) is 0 Å². The first-order valence-corrected chi connectivity index (χ1v) is 9.32. The highest BCUT2D eigenvalue weighted by molar-refractivity contribution is 6.31. The molecule has 142 valence electrons. The Hall–Kier alpha value is -2.82. The van der Waals surface area contributed by atoms with Crippen LogP contribution in [0.5, 0.6) is 5.75 Å². The van der Waals surface area contributed by atoms with Crippen LogP contribution in [0.1, 0.15) is 22.8 Å². The fourth-order valence-electron chi connectivity index (χ4n) is 2.59. The normalized spacial score (nSPS) is 11.5. The second-order valence-electron chi connectivity index (χ2n) is 6.09. The summed E-state index contributed by atoms with van der Waals surface area (Å²) < 4.78 is 5.63. The van der Waals surface area contributed by atoms with Crippen LogP contribution in [0.15, 0.2) is 72.8 Å². The number of amides is 1. The van der Waals surface area contributed by atoms with Gasteiger partial charge in [-0.25, -0.2) is 0 Å². The number of benzene rings is 3. The standard InChI is InChI=1S/C22H17Cl2NO3/c1-14(28-18-9-5-8-16(23)12-18)22(27)25-20-11-10-17(24)13-19(20)21(26)15-6-3-2-4-7-15/h2-14H,1H3,(H,25,27). The van der Waals surface area contributed by atoms with Crippen molar-refractivity contribution in [2.45, 2.75) is 13.0 Å². The molecule has 4 nitrogen and oxygen atoms in total. The van der Waals surface area contributed by atoms with E-state index in [0.29, 0.717) is 32.6 Å². The summed E-state index contributed by atoms with van der Waals surface area (Å²) >= 11 is 12.0. The highest BCUT2D eigenvalue weighted by Crippen LogP contribution is 2.24. The summed E-state index contributed by atoms with van der Waals surface area (Å²) in [6.07, 6.45) is -0.797. The van der Waals surface area contributed by atoms with Gasteiger partial charge in [-0.2, -0.15) is 0 Å². The van der Waals surface area contributed by atoms with E-state index in [1.807, 2.05) is 6.07 Å². The fourth-order valence-corrected chi connectivity index (χ4v) is 2.94. The van der Waals surface area contributed by atoms with Gasteiger partial charge in [-0.15, -0.1) is 0 Å². The molecule has 0 heterocycles. The monoisotopic (exact) mass is 413 g/mol. The number of ketones is 1. The van der Waals surface area contributed by atoms with Crippen LogP contribution in [-0.4, -0.2) is 17.8 Å². The average Bonchev–Trinajstić information content (AvgIpc) is 2.69. The maximum atomic E-state index is 12.8. The second-order valence-corrected chi connectivity index (χ2v) is 6.96.